The van der Waals surface area contributed by atoms with E-state index < -0.39 is 0 Å². The molecule has 0 saturated carbocycles. The van der Waals surface area contributed by atoms with Crippen molar-refractivity contribution < 1.29 is 4.74 Å². The van der Waals surface area contributed by atoms with E-state index in [4.69, 9.17) is 4.74 Å². The number of nitrogens with one attached hydrogen (secondary N) is 1. The largest absolute Gasteiger partial charge is 0.497 e. The van der Waals surface area contributed by atoms with E-state index >= 15 is 0 Å². The highest BCUT2D eigenvalue weighted by Gasteiger charge is 2.06. The van der Waals surface area contributed by atoms with Gasteiger partial charge < -0.3 is 10.1 Å². The molecule has 2 rings (SSSR count). The fraction of sp³-hybridized carbons (Fsp3) is 0.500. The van der Waals surface area contributed by atoms with E-state index in [0.29, 0.717) is 0 Å². The van der Waals surface area contributed by atoms with Crippen LogP contribution in [0.5, 0.6) is 5.75 Å². The Morgan fingerprint density at radius 2 is 2.05 bits per heavy atom. The first kappa shape index (κ1) is 15.9. The summed E-state index contributed by atoms with van der Waals surface area (Å²) in [5, 5.41) is 14.2. The molecule has 1 N–H and O–H groups in total. The monoisotopic (exact) mass is 305 g/mol. The molecule has 0 spiro atoms. The summed E-state index contributed by atoms with van der Waals surface area (Å²) in [4.78, 5) is 0. The van der Waals surface area contributed by atoms with Gasteiger partial charge in [-0.15, -0.1) is 21.5 Å². The summed E-state index contributed by atoms with van der Waals surface area (Å²) in [6.45, 7) is 4.33. The normalized spacial score (nSPS) is 10.8. The Hall–Kier alpha value is -1.46. The van der Waals surface area contributed by atoms with E-state index in [-0.39, 0.29) is 0 Å². The Balaban J connectivity index is 1.82. The van der Waals surface area contributed by atoms with Crippen LogP contribution >= 0.6 is 11.3 Å². The molecule has 1 heterocycles. The second-order valence-electron chi connectivity index (χ2n) is 4.97. The zero-order valence-corrected chi connectivity index (χ0v) is 13.6. The molecular formula is C16H23N3OS. The van der Waals surface area contributed by atoms with Crippen LogP contribution in [0.2, 0.25) is 0 Å². The van der Waals surface area contributed by atoms with Crippen LogP contribution in [0.15, 0.2) is 24.3 Å². The van der Waals surface area contributed by atoms with Crippen LogP contribution in [0, 0.1) is 0 Å². The van der Waals surface area contributed by atoms with E-state index in [9.17, 15) is 0 Å². The Kier molecular flexibility index (Phi) is 6.63. The van der Waals surface area contributed by atoms with Gasteiger partial charge >= 0.3 is 0 Å². The molecule has 21 heavy (non-hydrogen) atoms. The number of benzene rings is 1. The molecule has 1 aromatic carbocycles. The van der Waals surface area contributed by atoms with Crippen molar-refractivity contribution in [2.45, 2.75) is 32.6 Å². The molecule has 5 heteroatoms. The lowest BCUT2D eigenvalue weighted by molar-refractivity contribution is 0.414. The van der Waals surface area contributed by atoms with Gasteiger partial charge in [0.25, 0.3) is 0 Å². The van der Waals surface area contributed by atoms with E-state index in [0.717, 1.165) is 48.1 Å². The molecule has 0 unspecified atom stereocenters. The quantitative estimate of drug-likeness (QED) is 0.723. The van der Waals surface area contributed by atoms with Gasteiger partial charge in [-0.05, 0) is 43.6 Å². The van der Waals surface area contributed by atoms with Gasteiger partial charge in [-0.25, -0.2) is 0 Å². The summed E-state index contributed by atoms with van der Waals surface area (Å²) in [7, 11) is 1.69. The van der Waals surface area contributed by atoms with Crippen LogP contribution in [0.3, 0.4) is 0 Å². The predicted molar refractivity (Wildman–Crippen MR) is 87.2 cm³/mol. The molecule has 0 atom stereocenters. The van der Waals surface area contributed by atoms with Crippen molar-refractivity contribution in [2.75, 3.05) is 20.2 Å². The Morgan fingerprint density at radius 3 is 2.86 bits per heavy atom. The number of nitrogens with zero attached hydrogens (tertiary/aromatic N) is 2. The molecule has 2 aromatic rings. The van der Waals surface area contributed by atoms with Gasteiger partial charge in [-0.3, -0.25) is 0 Å². The lowest BCUT2D eigenvalue weighted by Crippen LogP contribution is -2.16. The van der Waals surface area contributed by atoms with Crippen LogP contribution in [-0.4, -0.2) is 30.4 Å². The minimum absolute atomic E-state index is 0.822. The van der Waals surface area contributed by atoms with Crippen molar-refractivity contribution in [1.82, 2.24) is 15.5 Å². The van der Waals surface area contributed by atoms with Crippen LogP contribution in [0.25, 0.3) is 0 Å². The fourth-order valence-electron chi connectivity index (χ4n) is 2.08. The summed E-state index contributed by atoms with van der Waals surface area (Å²) in [6, 6.07) is 8.11. The average molecular weight is 305 g/mol. The van der Waals surface area contributed by atoms with Gasteiger partial charge in [0, 0.05) is 12.8 Å². The number of aromatic nitrogens is 2. The predicted octanol–water partition coefficient (Wildman–Crippen LogP) is 3.07. The maximum atomic E-state index is 5.24. The molecule has 0 fully saturated rings. The third kappa shape index (κ3) is 5.44. The van der Waals surface area contributed by atoms with E-state index in [1.54, 1.807) is 18.4 Å². The van der Waals surface area contributed by atoms with Crippen LogP contribution < -0.4 is 10.1 Å². The Labute approximate surface area is 130 Å². The maximum Gasteiger partial charge on any atom is 0.121 e. The number of methoxy groups -OCH3 is 1. The lowest BCUT2D eigenvalue weighted by atomic mass is 10.1. The second-order valence-corrected chi connectivity index (χ2v) is 6.12. The number of hydrogen-bond donors (Lipinski definition) is 1. The highest BCUT2D eigenvalue weighted by Crippen LogP contribution is 2.19. The summed E-state index contributed by atoms with van der Waals surface area (Å²) in [5.74, 6) is 0.888. The minimum atomic E-state index is 0.822. The summed E-state index contributed by atoms with van der Waals surface area (Å²) < 4.78 is 5.24. The van der Waals surface area contributed by atoms with Gasteiger partial charge in [-0.2, -0.15) is 0 Å². The van der Waals surface area contributed by atoms with Crippen molar-refractivity contribution >= 4 is 11.3 Å². The van der Waals surface area contributed by atoms with Gasteiger partial charge in [0.05, 0.1) is 7.11 Å². The van der Waals surface area contributed by atoms with Gasteiger partial charge in [0.1, 0.15) is 15.8 Å². The third-order valence-corrected chi connectivity index (χ3v) is 4.15. The summed E-state index contributed by atoms with van der Waals surface area (Å²) >= 11 is 1.71. The standard InChI is InChI=1S/C16H23N3OS/c1-3-9-17-10-5-8-15-18-19-16(21-15)12-13-6-4-7-14(11-13)20-2/h4,6-7,11,17H,3,5,8-10,12H2,1-2H3. The molecule has 0 bridgehead atoms. The zero-order chi connectivity index (χ0) is 14.9. The lowest BCUT2D eigenvalue weighted by Gasteiger charge is -2.02. The molecule has 0 aliphatic heterocycles. The maximum absolute atomic E-state index is 5.24. The average Bonchev–Trinajstić information content (AvgIpc) is 2.95. The minimum Gasteiger partial charge on any atom is -0.497 e. The molecule has 4 nitrogen and oxygen atoms in total. The smallest absolute Gasteiger partial charge is 0.121 e. The number of ether oxygens (including phenoxy) is 1. The zero-order valence-electron chi connectivity index (χ0n) is 12.8. The second kappa shape index (κ2) is 8.74. The fourth-order valence-corrected chi connectivity index (χ4v) is 3.00. The first-order chi connectivity index (χ1) is 10.3. The molecule has 0 amide bonds. The van der Waals surface area contributed by atoms with Crippen molar-refractivity contribution in [3.63, 3.8) is 0 Å². The summed E-state index contributed by atoms with van der Waals surface area (Å²) in [5.41, 5.74) is 1.21. The van der Waals surface area contributed by atoms with E-state index in [2.05, 4.69) is 34.6 Å². The molecule has 0 aliphatic rings. The molecular weight excluding hydrogens is 282 g/mol. The van der Waals surface area contributed by atoms with Crippen molar-refractivity contribution in [2.24, 2.45) is 0 Å². The van der Waals surface area contributed by atoms with Crippen molar-refractivity contribution in [3.8, 4) is 5.75 Å². The first-order valence-electron chi connectivity index (χ1n) is 7.46. The van der Waals surface area contributed by atoms with Crippen LogP contribution in [-0.2, 0) is 12.8 Å². The first-order valence-corrected chi connectivity index (χ1v) is 8.28. The van der Waals surface area contributed by atoms with E-state index in [1.807, 2.05) is 12.1 Å². The van der Waals surface area contributed by atoms with Crippen molar-refractivity contribution in [1.29, 1.82) is 0 Å². The number of hydrogen-bond acceptors (Lipinski definition) is 5. The third-order valence-electron chi connectivity index (χ3n) is 3.17. The topological polar surface area (TPSA) is 47.0 Å². The number of rotatable bonds is 9. The Bertz CT molecular complexity index is 542. The molecule has 1 aromatic heterocycles. The van der Waals surface area contributed by atoms with E-state index in [1.165, 1.54) is 12.0 Å². The molecule has 0 aliphatic carbocycles. The van der Waals surface area contributed by atoms with Gasteiger partial charge in [0.15, 0.2) is 0 Å². The van der Waals surface area contributed by atoms with Gasteiger partial charge in [0.2, 0.25) is 0 Å². The highest BCUT2D eigenvalue weighted by molar-refractivity contribution is 7.11. The number of aryl methyl sites for hydroxylation is 1. The Morgan fingerprint density at radius 1 is 1.19 bits per heavy atom. The van der Waals surface area contributed by atoms with Crippen LogP contribution in [0.1, 0.15) is 35.3 Å². The summed E-state index contributed by atoms with van der Waals surface area (Å²) in [6.07, 6.45) is 4.13. The van der Waals surface area contributed by atoms with Gasteiger partial charge in [-0.1, -0.05) is 19.1 Å². The SMILES string of the molecule is CCCNCCCc1nnc(Cc2cccc(OC)c2)s1. The van der Waals surface area contributed by atoms with Crippen molar-refractivity contribution in [3.05, 3.63) is 39.8 Å². The molecule has 0 saturated heterocycles. The molecule has 0 radical (unpaired) electrons. The highest BCUT2D eigenvalue weighted by atomic mass is 32.1. The van der Waals surface area contributed by atoms with Crippen LogP contribution in [0.4, 0.5) is 0 Å². The molecule has 114 valence electrons.